The Morgan fingerprint density at radius 1 is 1.05 bits per heavy atom. The molecule has 0 fully saturated rings. The van der Waals surface area contributed by atoms with Crippen molar-refractivity contribution in [2.45, 2.75) is 58.9 Å². The van der Waals surface area contributed by atoms with Crippen LogP contribution in [0.1, 0.15) is 4.11 Å². The van der Waals surface area contributed by atoms with E-state index in [4.69, 9.17) is 13.2 Å². The van der Waals surface area contributed by atoms with Crippen LogP contribution in [0.5, 0.6) is 5.88 Å². The van der Waals surface area contributed by atoms with Gasteiger partial charge in [-0.25, -0.2) is 0 Å². The van der Waals surface area contributed by atoms with Gasteiger partial charge in [-0.15, -0.1) is 0 Å². The third-order valence-electron chi connectivity index (χ3n) is 2.39. The van der Waals surface area contributed by atoms with Gasteiger partial charge < -0.3 is 13.2 Å². The van der Waals surface area contributed by atoms with E-state index in [2.05, 4.69) is 63.2 Å². The highest BCUT2D eigenvalue weighted by Crippen LogP contribution is 2.19. The first kappa shape index (κ1) is 13.1. The molecule has 0 spiro atoms. The molecule has 0 atom stereocenters. The van der Waals surface area contributed by atoms with Crippen molar-refractivity contribution in [2.75, 3.05) is 0 Å². The zero-order valence-corrected chi connectivity index (χ0v) is 17.3. The maximum absolute atomic E-state index is 7.88. The minimum atomic E-state index is -2.26. The fourth-order valence-corrected chi connectivity index (χ4v) is 5.15. The molecule has 7 heteroatoms. The molecule has 0 saturated heterocycles. The lowest BCUT2D eigenvalue weighted by molar-refractivity contribution is 0.524. The molecule has 0 aromatic carbocycles. The quantitative estimate of drug-likeness (QED) is 0.777. The van der Waals surface area contributed by atoms with Crippen molar-refractivity contribution < 1.29 is 8.54 Å². The van der Waals surface area contributed by atoms with E-state index in [1.54, 1.807) is 6.20 Å². The SMILES string of the molecule is [2H]C([2H])([2H])n1cc(O[Si](C)(C)C)n([Si](C)(C)C)c1=N[Si](C)(C)C. The van der Waals surface area contributed by atoms with Gasteiger partial charge in [0, 0.05) is 11.1 Å². The van der Waals surface area contributed by atoms with Crippen molar-refractivity contribution in [2.24, 2.45) is 11.6 Å². The van der Waals surface area contributed by atoms with E-state index in [0.29, 0.717) is 11.5 Å². The number of rotatable bonds is 4. The Morgan fingerprint density at radius 3 is 1.95 bits per heavy atom. The summed E-state index contributed by atoms with van der Waals surface area (Å²) < 4.78 is 38.1. The number of nitrogens with zero attached hydrogens (tertiary/aromatic N) is 3. The van der Waals surface area contributed by atoms with Gasteiger partial charge in [-0.05, 0) is 39.3 Å². The predicted molar refractivity (Wildman–Crippen MR) is 95.0 cm³/mol. The topological polar surface area (TPSA) is 31.4 Å². The molecule has 0 N–H and O–H groups in total. The van der Waals surface area contributed by atoms with Crippen LogP contribution in [0.15, 0.2) is 10.9 Å². The van der Waals surface area contributed by atoms with Gasteiger partial charge >= 0.3 is 0 Å². The van der Waals surface area contributed by atoms with Crippen molar-refractivity contribution in [1.82, 2.24) is 8.80 Å². The van der Waals surface area contributed by atoms with Gasteiger partial charge in [0.05, 0.1) is 6.20 Å². The van der Waals surface area contributed by atoms with Crippen LogP contribution in [-0.4, -0.2) is 33.6 Å². The van der Waals surface area contributed by atoms with Crippen LogP contribution < -0.4 is 10.0 Å². The lowest BCUT2D eigenvalue weighted by atomic mass is 10.8. The molecule has 1 rings (SSSR count). The molecular weight excluding hydrogens is 298 g/mol. The fourth-order valence-electron chi connectivity index (χ4n) is 1.85. The summed E-state index contributed by atoms with van der Waals surface area (Å²) in [6.45, 7) is 16.9. The standard InChI is InChI=1S/C13H31N3OSi3/c1-15-11-12(17-20(8,9)10)16(19(5,6)7)13(15)14-18(2,3)4/h11H,1-10H3/i1D3. The van der Waals surface area contributed by atoms with Gasteiger partial charge in [-0.3, -0.25) is 4.66 Å². The van der Waals surface area contributed by atoms with E-state index in [0.717, 1.165) is 0 Å². The second kappa shape index (κ2) is 5.34. The Balaban J connectivity index is 3.86. The summed E-state index contributed by atoms with van der Waals surface area (Å²) in [5.41, 5.74) is 0.539. The molecule has 1 heterocycles. The minimum Gasteiger partial charge on any atom is -0.532 e. The Labute approximate surface area is 131 Å². The Kier molecular flexibility index (Phi) is 3.51. The number of imidazole rings is 1. The number of aromatic nitrogens is 2. The third kappa shape index (κ3) is 4.78. The van der Waals surface area contributed by atoms with Gasteiger partial charge in [-0.1, -0.05) is 19.6 Å². The van der Waals surface area contributed by atoms with Crippen molar-refractivity contribution in [3.8, 4) is 5.88 Å². The second-order valence-electron chi connectivity index (χ2n) is 8.14. The summed E-state index contributed by atoms with van der Waals surface area (Å²) in [4.78, 5) is 0. The summed E-state index contributed by atoms with van der Waals surface area (Å²) in [5, 5.41) is 0. The van der Waals surface area contributed by atoms with Crippen LogP contribution in [0, 0.1) is 0 Å². The molecule has 0 unspecified atom stereocenters. The maximum Gasteiger partial charge on any atom is 0.244 e. The van der Waals surface area contributed by atoms with Crippen LogP contribution in [0.3, 0.4) is 0 Å². The Morgan fingerprint density at radius 2 is 1.60 bits per heavy atom. The maximum atomic E-state index is 7.88. The predicted octanol–water partition coefficient (Wildman–Crippen LogP) is 3.46. The molecule has 0 radical (unpaired) electrons. The first-order chi connectivity index (χ1) is 9.92. The van der Waals surface area contributed by atoms with Gasteiger partial charge in [-0.2, -0.15) is 0 Å². The molecule has 1 aromatic heterocycles. The summed E-state index contributed by atoms with van der Waals surface area (Å²) in [5.74, 6) is 0.649. The normalized spacial score (nSPS) is 17.6. The van der Waals surface area contributed by atoms with Gasteiger partial charge in [0.15, 0.2) is 28.0 Å². The van der Waals surface area contributed by atoms with Gasteiger partial charge in [0.2, 0.25) is 8.32 Å². The van der Waals surface area contributed by atoms with Crippen LogP contribution in [0.2, 0.25) is 58.9 Å². The van der Waals surface area contributed by atoms with Crippen LogP contribution >= 0.6 is 0 Å². The number of aryl methyl sites for hydroxylation is 1. The molecule has 20 heavy (non-hydrogen) atoms. The average molecular weight is 333 g/mol. The molecular formula is C13H31N3OSi3. The highest BCUT2D eigenvalue weighted by molar-refractivity contribution is 6.76. The minimum absolute atomic E-state index is 0.539. The lowest BCUT2D eigenvalue weighted by Gasteiger charge is -2.26. The van der Waals surface area contributed by atoms with E-state index >= 15 is 0 Å². The summed E-state index contributed by atoms with van der Waals surface area (Å²) in [6.07, 6.45) is 1.63. The van der Waals surface area contributed by atoms with E-state index in [1.165, 1.54) is 4.57 Å². The Hall–Kier alpha value is -0.539. The second-order valence-corrected chi connectivity index (χ2v) is 21.9. The third-order valence-corrected chi connectivity index (χ3v) is 5.85. The highest BCUT2D eigenvalue weighted by Gasteiger charge is 2.27. The largest absolute Gasteiger partial charge is 0.532 e. The van der Waals surface area contributed by atoms with Crippen LogP contribution in [0.25, 0.3) is 0 Å². The van der Waals surface area contributed by atoms with E-state index in [9.17, 15) is 0 Å². The van der Waals surface area contributed by atoms with E-state index < -0.39 is 31.8 Å². The summed E-state index contributed by atoms with van der Waals surface area (Å²) in [6, 6.07) is 0. The number of hydrogen-bond donors (Lipinski definition) is 0. The smallest absolute Gasteiger partial charge is 0.244 e. The molecule has 4 nitrogen and oxygen atoms in total. The summed E-state index contributed by atoms with van der Waals surface area (Å²) >= 11 is 0. The molecule has 0 bridgehead atoms. The van der Waals surface area contributed by atoms with Gasteiger partial charge in [0.1, 0.15) is 0 Å². The zero-order valence-electron chi connectivity index (χ0n) is 17.3. The lowest BCUT2D eigenvalue weighted by Crippen LogP contribution is -2.45. The van der Waals surface area contributed by atoms with Crippen molar-refractivity contribution in [3.05, 3.63) is 11.8 Å². The molecule has 0 amide bonds. The molecule has 1 aromatic rings. The summed E-state index contributed by atoms with van der Waals surface area (Å²) in [7, 11) is -5.62. The molecule has 0 aliphatic rings. The molecule has 0 aliphatic carbocycles. The monoisotopic (exact) mass is 332 g/mol. The first-order valence-electron chi connectivity index (χ1n) is 8.52. The van der Waals surface area contributed by atoms with Crippen molar-refractivity contribution in [1.29, 1.82) is 0 Å². The highest BCUT2D eigenvalue weighted by atomic mass is 28.4. The zero-order chi connectivity index (χ0) is 18.4. The first-order valence-corrected chi connectivity index (χ1v) is 17.3. The fraction of sp³-hybridized carbons (Fsp3) is 0.769. The Bertz CT molecular complexity index is 629. The molecule has 0 aliphatic heterocycles. The van der Waals surface area contributed by atoms with Crippen molar-refractivity contribution >= 4 is 24.8 Å². The van der Waals surface area contributed by atoms with Crippen LogP contribution in [0.4, 0.5) is 0 Å². The number of hydrogen-bond acceptors (Lipinski definition) is 2. The van der Waals surface area contributed by atoms with E-state index in [-0.39, 0.29) is 0 Å². The van der Waals surface area contributed by atoms with E-state index in [1.807, 2.05) is 0 Å². The average Bonchev–Trinajstić information content (AvgIpc) is 2.49. The van der Waals surface area contributed by atoms with Crippen molar-refractivity contribution in [3.63, 3.8) is 0 Å². The van der Waals surface area contributed by atoms with Gasteiger partial charge in [0.25, 0.3) is 0 Å². The molecule has 116 valence electrons. The molecule has 0 saturated carbocycles. The van der Waals surface area contributed by atoms with Crippen LogP contribution in [-0.2, 0) is 6.98 Å².